The van der Waals surface area contributed by atoms with Gasteiger partial charge in [-0.2, -0.15) is 0 Å². The number of fused-ring (bicyclic) bond motifs is 1. The predicted octanol–water partition coefficient (Wildman–Crippen LogP) is 3.13. The molecule has 0 aliphatic carbocycles. The van der Waals surface area contributed by atoms with E-state index in [0.29, 0.717) is 13.2 Å². The van der Waals surface area contributed by atoms with Crippen LogP contribution in [-0.4, -0.2) is 40.7 Å². The highest BCUT2D eigenvalue weighted by molar-refractivity contribution is 9.10. The summed E-state index contributed by atoms with van der Waals surface area (Å²) in [7, 11) is 0. The monoisotopic (exact) mass is 376 g/mol. The maximum absolute atomic E-state index is 13.1. The first-order chi connectivity index (χ1) is 11.2. The molecule has 118 valence electrons. The van der Waals surface area contributed by atoms with E-state index in [9.17, 15) is 4.39 Å². The van der Waals surface area contributed by atoms with E-state index < -0.39 is 0 Å². The summed E-state index contributed by atoms with van der Waals surface area (Å²) in [6, 6.07) is 6.33. The van der Waals surface area contributed by atoms with Crippen LogP contribution in [0.25, 0.3) is 16.9 Å². The normalized spacial score (nSPS) is 15.3. The minimum absolute atomic E-state index is 0.260. The molecule has 3 heterocycles. The van der Waals surface area contributed by atoms with E-state index in [4.69, 9.17) is 9.72 Å². The van der Waals surface area contributed by atoms with Crippen molar-refractivity contribution in [3.63, 3.8) is 0 Å². The van der Waals surface area contributed by atoms with Crippen molar-refractivity contribution < 1.29 is 9.13 Å². The van der Waals surface area contributed by atoms with E-state index >= 15 is 0 Å². The van der Waals surface area contributed by atoms with Gasteiger partial charge in [-0.3, -0.25) is 4.40 Å². The van der Waals surface area contributed by atoms with Gasteiger partial charge in [0.05, 0.1) is 13.2 Å². The molecule has 1 aliphatic rings. The van der Waals surface area contributed by atoms with Crippen LogP contribution in [-0.2, 0) is 4.74 Å². The van der Waals surface area contributed by atoms with Crippen LogP contribution in [0.1, 0.15) is 0 Å². The number of imidazole rings is 1. The quantitative estimate of drug-likeness (QED) is 0.688. The number of ether oxygens (including phenoxy) is 1. The molecule has 0 unspecified atom stereocenters. The molecule has 1 saturated heterocycles. The molecule has 0 spiro atoms. The maximum atomic E-state index is 13.1. The van der Waals surface area contributed by atoms with Gasteiger partial charge < -0.3 is 9.64 Å². The summed E-state index contributed by atoms with van der Waals surface area (Å²) in [5.74, 6) is 0.578. The highest BCUT2D eigenvalue weighted by atomic mass is 79.9. The average Bonchev–Trinajstić information content (AvgIpc) is 2.93. The fourth-order valence-corrected chi connectivity index (χ4v) is 3.33. The molecule has 0 atom stereocenters. The van der Waals surface area contributed by atoms with Gasteiger partial charge in [-0.25, -0.2) is 14.4 Å². The number of morpholine rings is 1. The second-order valence-corrected chi connectivity index (χ2v) is 6.05. The molecule has 7 heteroatoms. The van der Waals surface area contributed by atoms with Crippen molar-refractivity contribution in [3.05, 3.63) is 47.1 Å². The van der Waals surface area contributed by atoms with Crippen LogP contribution in [0.3, 0.4) is 0 Å². The Hall–Kier alpha value is -1.99. The minimum Gasteiger partial charge on any atom is -0.378 e. The molecule has 4 rings (SSSR count). The van der Waals surface area contributed by atoms with Crippen molar-refractivity contribution in [3.8, 4) is 11.3 Å². The van der Waals surface area contributed by atoms with Crippen LogP contribution in [0.4, 0.5) is 10.2 Å². The molecule has 1 aromatic carbocycles. The van der Waals surface area contributed by atoms with Gasteiger partial charge in [0.25, 0.3) is 0 Å². The summed E-state index contributed by atoms with van der Waals surface area (Å²) in [5.41, 5.74) is 2.41. The number of aromatic nitrogens is 3. The highest BCUT2D eigenvalue weighted by Crippen LogP contribution is 2.31. The topological polar surface area (TPSA) is 42.7 Å². The number of anilines is 1. The van der Waals surface area contributed by atoms with Gasteiger partial charge in [-0.05, 0) is 40.2 Å². The fraction of sp³-hybridized carbons (Fsp3) is 0.250. The third kappa shape index (κ3) is 2.60. The molecule has 23 heavy (non-hydrogen) atoms. The maximum Gasteiger partial charge on any atom is 0.181 e. The fourth-order valence-electron chi connectivity index (χ4n) is 2.72. The van der Waals surface area contributed by atoms with E-state index in [0.717, 1.165) is 40.4 Å². The van der Waals surface area contributed by atoms with E-state index in [2.05, 4.69) is 25.8 Å². The molecule has 5 nitrogen and oxygen atoms in total. The number of hydrogen-bond acceptors (Lipinski definition) is 4. The Morgan fingerprint density at radius 3 is 2.61 bits per heavy atom. The van der Waals surface area contributed by atoms with E-state index in [1.54, 1.807) is 18.3 Å². The molecule has 1 fully saturated rings. The van der Waals surface area contributed by atoms with Crippen molar-refractivity contribution in [2.24, 2.45) is 0 Å². The molecule has 3 aromatic rings. The summed E-state index contributed by atoms with van der Waals surface area (Å²) < 4.78 is 21.3. The van der Waals surface area contributed by atoms with Gasteiger partial charge in [0.2, 0.25) is 0 Å². The van der Waals surface area contributed by atoms with Gasteiger partial charge in [0, 0.05) is 31.0 Å². The summed E-state index contributed by atoms with van der Waals surface area (Å²) in [6.45, 7) is 2.97. The Morgan fingerprint density at radius 1 is 1.13 bits per heavy atom. The average molecular weight is 377 g/mol. The molecule has 1 aliphatic heterocycles. The molecule has 0 saturated carbocycles. The molecule has 0 amide bonds. The van der Waals surface area contributed by atoms with E-state index in [1.807, 2.05) is 10.6 Å². The zero-order chi connectivity index (χ0) is 15.8. The lowest BCUT2D eigenvalue weighted by Crippen LogP contribution is -2.37. The van der Waals surface area contributed by atoms with Gasteiger partial charge in [-0.1, -0.05) is 0 Å². The molecule has 0 bridgehead atoms. The molecule has 2 aromatic heterocycles. The first kappa shape index (κ1) is 14.6. The largest absolute Gasteiger partial charge is 0.378 e. The van der Waals surface area contributed by atoms with Crippen molar-refractivity contribution in [1.29, 1.82) is 0 Å². The number of rotatable bonds is 2. The summed E-state index contributed by atoms with van der Waals surface area (Å²) in [6.07, 6.45) is 3.63. The summed E-state index contributed by atoms with van der Waals surface area (Å²) in [4.78, 5) is 11.4. The Morgan fingerprint density at radius 2 is 1.87 bits per heavy atom. The number of hydrogen-bond donors (Lipinski definition) is 0. The number of halogens is 2. The van der Waals surface area contributed by atoms with E-state index in [-0.39, 0.29) is 5.82 Å². The Kier molecular flexibility index (Phi) is 3.74. The van der Waals surface area contributed by atoms with Crippen LogP contribution < -0.4 is 4.90 Å². The minimum atomic E-state index is -0.260. The first-order valence-electron chi connectivity index (χ1n) is 7.35. The van der Waals surface area contributed by atoms with Crippen molar-refractivity contribution >= 4 is 27.4 Å². The molecular formula is C16H14BrFN4O. The van der Waals surface area contributed by atoms with Crippen LogP contribution >= 0.6 is 15.9 Å². The molecule has 0 radical (unpaired) electrons. The van der Waals surface area contributed by atoms with Crippen molar-refractivity contribution in [1.82, 2.24) is 14.4 Å². The zero-order valence-corrected chi connectivity index (χ0v) is 13.8. The first-order valence-corrected chi connectivity index (χ1v) is 8.14. The van der Waals surface area contributed by atoms with Gasteiger partial charge in [0.1, 0.15) is 16.1 Å². The standard InChI is InChI=1S/C16H14BrFN4O/c17-14-13(11-1-3-12(18)4-2-11)20-16-15(19-5-6-22(14)16)21-7-9-23-10-8-21/h1-6H,7-10H2. The third-order valence-corrected chi connectivity index (χ3v) is 4.65. The van der Waals surface area contributed by atoms with Gasteiger partial charge in [0.15, 0.2) is 11.5 Å². The van der Waals surface area contributed by atoms with Crippen molar-refractivity contribution in [2.75, 3.05) is 31.2 Å². The molecule has 0 N–H and O–H groups in total. The Labute approximate surface area is 140 Å². The van der Waals surface area contributed by atoms with Gasteiger partial charge in [-0.15, -0.1) is 0 Å². The smallest absolute Gasteiger partial charge is 0.181 e. The van der Waals surface area contributed by atoms with Crippen molar-refractivity contribution in [2.45, 2.75) is 0 Å². The highest BCUT2D eigenvalue weighted by Gasteiger charge is 2.20. The Balaban J connectivity index is 1.85. The SMILES string of the molecule is Fc1ccc(-c2nc3c(N4CCOCC4)nccn3c2Br)cc1. The van der Waals surface area contributed by atoms with Gasteiger partial charge >= 0.3 is 0 Å². The predicted molar refractivity (Wildman–Crippen MR) is 89.1 cm³/mol. The van der Waals surface area contributed by atoms with E-state index in [1.165, 1.54) is 12.1 Å². The van der Waals surface area contributed by atoms with Crippen LogP contribution in [0.2, 0.25) is 0 Å². The second-order valence-electron chi connectivity index (χ2n) is 5.30. The second kappa shape index (κ2) is 5.90. The third-order valence-electron chi connectivity index (χ3n) is 3.89. The number of benzene rings is 1. The van der Waals surface area contributed by atoms with Crippen LogP contribution in [0.5, 0.6) is 0 Å². The zero-order valence-electron chi connectivity index (χ0n) is 12.2. The van der Waals surface area contributed by atoms with Crippen LogP contribution in [0.15, 0.2) is 41.3 Å². The molecular weight excluding hydrogens is 363 g/mol. The Bertz CT molecular complexity index is 843. The lowest BCUT2D eigenvalue weighted by Gasteiger charge is -2.27. The lowest BCUT2D eigenvalue weighted by molar-refractivity contribution is 0.122. The summed E-state index contributed by atoms with van der Waals surface area (Å²) >= 11 is 3.60. The number of nitrogens with zero attached hydrogens (tertiary/aromatic N) is 4. The lowest BCUT2D eigenvalue weighted by atomic mass is 10.2. The summed E-state index contributed by atoms with van der Waals surface area (Å²) in [5, 5.41) is 0. The van der Waals surface area contributed by atoms with Crippen LogP contribution in [0, 0.1) is 5.82 Å².